The van der Waals surface area contributed by atoms with Crippen LogP contribution in [-0.2, 0) is 22.6 Å². The Kier molecular flexibility index (Phi) is 18.3. The van der Waals surface area contributed by atoms with Crippen LogP contribution in [0.3, 0.4) is 0 Å². The highest BCUT2D eigenvalue weighted by Gasteiger charge is 2.32. The van der Waals surface area contributed by atoms with Gasteiger partial charge in [0.25, 0.3) is 5.91 Å². The smallest absolute Gasteiger partial charge is 0.407 e. The van der Waals surface area contributed by atoms with Crippen LogP contribution < -0.4 is 25.8 Å². The lowest BCUT2D eigenvalue weighted by Gasteiger charge is -2.34. The van der Waals surface area contributed by atoms with E-state index in [0.29, 0.717) is 67.8 Å². The number of benzene rings is 2. The van der Waals surface area contributed by atoms with Gasteiger partial charge in [0.05, 0.1) is 13.1 Å². The molecule has 20 heteroatoms. The van der Waals surface area contributed by atoms with Crippen molar-refractivity contribution in [3.8, 4) is 0 Å². The normalized spacial score (nSPS) is 16.5. The van der Waals surface area contributed by atoms with Crippen LogP contribution in [0.15, 0.2) is 61.2 Å². The van der Waals surface area contributed by atoms with Gasteiger partial charge in [-0.25, -0.2) is 24.4 Å². The van der Waals surface area contributed by atoms with E-state index in [-0.39, 0.29) is 30.2 Å². The highest BCUT2D eigenvalue weighted by molar-refractivity contribution is 14.1. The van der Waals surface area contributed by atoms with E-state index in [1.165, 1.54) is 0 Å². The number of ether oxygens (including phenoxy) is 2. The van der Waals surface area contributed by atoms with Gasteiger partial charge in [-0.3, -0.25) is 9.36 Å². The Labute approximate surface area is 417 Å². The molecule has 0 radical (unpaired) electrons. The number of nitrogens with zero attached hydrogens (tertiary/aromatic N) is 6. The zero-order valence-electron chi connectivity index (χ0n) is 37.4. The molecule has 352 valence electrons. The van der Waals surface area contributed by atoms with E-state index in [9.17, 15) is 24.3 Å². The van der Waals surface area contributed by atoms with Crippen molar-refractivity contribution in [1.29, 1.82) is 0 Å². The molecular weight excluding hydrogens is 1100 g/mol. The number of anilines is 2. The molecule has 0 bridgehead atoms. The summed E-state index contributed by atoms with van der Waals surface area (Å²) in [7, 11) is 0. The van der Waals surface area contributed by atoms with Crippen molar-refractivity contribution in [1.82, 2.24) is 35.1 Å². The van der Waals surface area contributed by atoms with Crippen molar-refractivity contribution in [2.75, 3.05) is 42.5 Å². The number of carboxylic acid groups (broad SMARTS) is 1. The molecule has 6 rings (SSSR count). The second-order valence-corrected chi connectivity index (χ2v) is 20.5. The van der Waals surface area contributed by atoms with Crippen LogP contribution in [0.25, 0.3) is 0 Å². The highest BCUT2D eigenvalue weighted by atomic mass is 127. The van der Waals surface area contributed by atoms with Gasteiger partial charge in [-0.1, -0.05) is 65.7 Å². The Morgan fingerprint density at radius 2 is 1.17 bits per heavy atom. The van der Waals surface area contributed by atoms with Gasteiger partial charge in [0.15, 0.2) is 5.69 Å². The molecule has 2 fully saturated rings. The molecule has 0 saturated carbocycles. The lowest BCUT2D eigenvalue weighted by Crippen LogP contribution is -2.49. The summed E-state index contributed by atoms with van der Waals surface area (Å²) in [5.74, 6) is -0.0487. The van der Waals surface area contributed by atoms with Crippen molar-refractivity contribution < 1.29 is 33.8 Å². The minimum Gasteiger partial charge on any atom is -0.476 e. The number of halogens is 4. The maximum atomic E-state index is 13.0. The molecule has 2 aliphatic heterocycles. The molecule has 4 N–H and O–H groups in total. The third-order valence-corrected chi connectivity index (χ3v) is 12.3. The summed E-state index contributed by atoms with van der Waals surface area (Å²) >= 11 is 16.8. The van der Waals surface area contributed by atoms with Crippen molar-refractivity contribution in [2.24, 2.45) is 0 Å². The third kappa shape index (κ3) is 14.9. The summed E-state index contributed by atoms with van der Waals surface area (Å²) in [5, 5.41) is 19.7. The average molecular weight is 1160 g/mol. The molecule has 0 aliphatic carbocycles. The molecule has 2 aromatic carbocycles. The van der Waals surface area contributed by atoms with E-state index < -0.39 is 29.4 Å². The van der Waals surface area contributed by atoms with E-state index in [2.05, 4.69) is 55.0 Å². The minimum absolute atomic E-state index is 0.0928. The van der Waals surface area contributed by atoms with Crippen molar-refractivity contribution in [2.45, 2.75) is 104 Å². The van der Waals surface area contributed by atoms with E-state index in [1.807, 2.05) is 116 Å². The number of aromatic carboxylic acids is 1. The molecule has 2 aromatic heterocycles. The molecular formula is C45H57Cl2I2N9O7. The van der Waals surface area contributed by atoms with Crippen LogP contribution in [-0.4, -0.2) is 104 Å². The number of alkyl carbamates (subject to hydrolysis) is 2. The fraction of sp³-hybridized carbons (Fsp3) is 0.467. The van der Waals surface area contributed by atoms with Gasteiger partial charge >= 0.3 is 18.2 Å². The number of hydrogen-bond acceptors (Lipinski definition) is 10. The SMILES string of the molecule is C=CCNC(=O)c1c(I)nc(N2CCC[C@@H](NC(=O)OC(C)(C)C)C2)n1Cc1ccccc1Cl.CC(C)(C)OC(=O)N[C@@H]1CCCN(c2nc(I)c(C(=O)O)n2Cc2ccccc2Cl)C1. The standard InChI is InChI=1S/C24H31ClIN5O3.C21H26ClIN4O4/c1-5-12-27-21(32)19-20(26)29-22(31(19)14-16-9-6-7-11-18(16)25)30-13-8-10-17(15-30)28-23(33)34-24(2,3)4;1-21(2,3)31-20(30)24-14-8-6-10-26(12-14)19-25-17(23)16(18(28)29)27(19)11-13-7-4-5-9-15(13)22/h5-7,9,11,17H,1,8,10,12-15H2,2-4H3,(H,27,32)(H,28,33);4-5,7,9,14H,6,8,10-12H2,1-3H3,(H,24,30)(H,28,29)/t17-;14-/m11/s1. The van der Waals surface area contributed by atoms with Crippen molar-refractivity contribution >= 4 is 104 Å². The van der Waals surface area contributed by atoms with Crippen molar-refractivity contribution in [3.05, 3.63) is 101 Å². The highest BCUT2D eigenvalue weighted by Crippen LogP contribution is 2.30. The summed E-state index contributed by atoms with van der Waals surface area (Å²) in [6.45, 7) is 18.2. The predicted molar refractivity (Wildman–Crippen MR) is 270 cm³/mol. The molecule has 4 aromatic rings. The number of carbonyl (C=O) groups excluding carboxylic acids is 3. The van der Waals surface area contributed by atoms with Crippen LogP contribution >= 0.6 is 68.4 Å². The van der Waals surface area contributed by atoms with E-state index in [1.54, 1.807) is 16.7 Å². The number of hydrogen-bond donors (Lipinski definition) is 4. The van der Waals surface area contributed by atoms with Gasteiger partial charge in [0, 0.05) is 54.9 Å². The zero-order valence-corrected chi connectivity index (χ0v) is 43.3. The number of amides is 3. The Morgan fingerprint density at radius 1 is 0.754 bits per heavy atom. The fourth-order valence-corrected chi connectivity index (χ4v) is 9.25. The van der Waals surface area contributed by atoms with Gasteiger partial charge in [0.2, 0.25) is 11.9 Å². The molecule has 0 unspecified atom stereocenters. The maximum Gasteiger partial charge on any atom is 0.407 e. The number of piperidine rings is 2. The lowest BCUT2D eigenvalue weighted by atomic mass is 10.1. The Balaban J connectivity index is 0.000000245. The van der Waals surface area contributed by atoms with E-state index >= 15 is 0 Å². The first-order valence-corrected chi connectivity index (χ1v) is 24.2. The minimum atomic E-state index is -1.05. The molecule has 4 heterocycles. The summed E-state index contributed by atoms with van der Waals surface area (Å²) in [6, 6.07) is 14.7. The van der Waals surface area contributed by atoms with Gasteiger partial charge in [-0.15, -0.1) is 6.58 Å². The molecule has 2 aliphatic rings. The summed E-state index contributed by atoms with van der Waals surface area (Å²) < 4.78 is 15.4. The largest absolute Gasteiger partial charge is 0.476 e. The maximum absolute atomic E-state index is 13.0. The van der Waals surface area contributed by atoms with Gasteiger partial charge in [-0.2, -0.15) is 0 Å². The Morgan fingerprint density at radius 3 is 1.57 bits per heavy atom. The summed E-state index contributed by atoms with van der Waals surface area (Å²) in [5.41, 5.74) is 1.15. The second-order valence-electron chi connectivity index (χ2n) is 17.6. The van der Waals surface area contributed by atoms with Crippen LogP contribution in [0.4, 0.5) is 21.5 Å². The molecule has 65 heavy (non-hydrogen) atoms. The van der Waals surface area contributed by atoms with E-state index in [0.717, 1.165) is 43.4 Å². The number of rotatable bonds is 12. The summed E-state index contributed by atoms with van der Waals surface area (Å²) in [4.78, 5) is 62.9. The molecule has 2 saturated heterocycles. The molecule has 0 spiro atoms. The first-order chi connectivity index (χ1) is 30.6. The fourth-order valence-electron chi connectivity index (χ4n) is 7.37. The second kappa shape index (κ2) is 23.0. The molecule has 2 atom stereocenters. The average Bonchev–Trinajstić information content (AvgIpc) is 3.72. The van der Waals surface area contributed by atoms with Crippen LogP contribution in [0.2, 0.25) is 10.0 Å². The molecule has 3 amide bonds. The van der Waals surface area contributed by atoms with Gasteiger partial charge in [-0.05, 0) is 136 Å². The number of aromatic nitrogens is 4. The first kappa shape index (κ1) is 51.7. The van der Waals surface area contributed by atoms with Gasteiger partial charge < -0.3 is 44.9 Å². The zero-order chi connectivity index (χ0) is 47.6. The predicted octanol–water partition coefficient (Wildman–Crippen LogP) is 8.98. The monoisotopic (exact) mass is 1160 g/mol. The number of imidazole rings is 2. The number of carbonyl (C=O) groups is 4. The lowest BCUT2D eigenvalue weighted by molar-refractivity contribution is 0.0488. The van der Waals surface area contributed by atoms with Crippen LogP contribution in [0.5, 0.6) is 0 Å². The van der Waals surface area contributed by atoms with E-state index in [4.69, 9.17) is 37.7 Å². The Bertz CT molecular complexity index is 2340. The quantitative estimate of drug-likeness (QED) is 0.0784. The van der Waals surface area contributed by atoms with Crippen LogP contribution in [0.1, 0.15) is 99.3 Å². The van der Waals surface area contributed by atoms with Crippen molar-refractivity contribution in [3.63, 3.8) is 0 Å². The Hall–Kier alpha value is -4.28. The number of nitrogens with one attached hydrogen (secondary N) is 3. The first-order valence-electron chi connectivity index (χ1n) is 21.2. The molecule has 16 nitrogen and oxygen atoms in total. The third-order valence-electron chi connectivity index (χ3n) is 10.1. The topological polar surface area (TPSA) is 185 Å². The van der Waals surface area contributed by atoms with Crippen LogP contribution in [0, 0.1) is 7.40 Å². The summed E-state index contributed by atoms with van der Waals surface area (Å²) in [6.07, 6.45) is 4.09. The van der Waals surface area contributed by atoms with Gasteiger partial charge in [0.1, 0.15) is 24.3 Å². The number of carboxylic acids is 1.